The average molecular weight is 977 g/mol. The molecule has 332 valence electrons. The van der Waals surface area contributed by atoms with Gasteiger partial charge in [-0.1, -0.05) is 63.4 Å². The summed E-state index contributed by atoms with van der Waals surface area (Å²) in [6.07, 6.45) is -5.67. The molecule has 2 heterocycles. The molecule has 0 amide bonds. The summed E-state index contributed by atoms with van der Waals surface area (Å²) in [7, 11) is 0. The van der Waals surface area contributed by atoms with Gasteiger partial charge in [0.25, 0.3) is 0 Å². The van der Waals surface area contributed by atoms with E-state index in [-0.39, 0.29) is 59.8 Å². The van der Waals surface area contributed by atoms with Crippen LogP contribution in [0.25, 0.3) is 0 Å². The van der Waals surface area contributed by atoms with E-state index in [4.69, 9.17) is 42.1 Å². The van der Waals surface area contributed by atoms with Crippen LogP contribution in [0.2, 0.25) is 10.0 Å². The lowest BCUT2D eigenvalue weighted by Gasteiger charge is -2.39. The number of nitrogens with zero attached hydrogens (tertiary/aromatic N) is 1. The van der Waals surface area contributed by atoms with Gasteiger partial charge in [0.2, 0.25) is 0 Å². The Morgan fingerprint density at radius 1 is 0.600 bits per heavy atom. The summed E-state index contributed by atoms with van der Waals surface area (Å²) in [5.41, 5.74) is -0.294. The Labute approximate surface area is 371 Å². The molecule has 0 aliphatic carbocycles. The van der Waals surface area contributed by atoms with E-state index < -0.39 is 12.7 Å². The third kappa shape index (κ3) is 19.1. The second-order valence-electron chi connectivity index (χ2n) is 14.0. The number of para-hydroxylation sites is 4. The number of hydrogen-bond donors (Lipinski definition) is 1. The summed E-state index contributed by atoms with van der Waals surface area (Å²) >= 11 is 14.8. The van der Waals surface area contributed by atoms with E-state index in [0.29, 0.717) is 16.9 Å². The van der Waals surface area contributed by atoms with E-state index in [1.54, 1.807) is 24.3 Å². The number of likely N-dealkylation sites (tertiary alicyclic amines) is 1. The molecule has 0 aromatic heterocycles. The van der Waals surface area contributed by atoms with Crippen molar-refractivity contribution in [1.82, 2.24) is 10.2 Å². The van der Waals surface area contributed by atoms with Crippen molar-refractivity contribution in [3.63, 3.8) is 0 Å². The first kappa shape index (κ1) is 50.9. The SMILES string of the molecule is CC1(Oc2ccc(Cl)cc2)CCN(CCOc2ccccc2OC(F)(F)F)CC1.CC1(Oc2ccc(Cl)cc2)CCNCC1.Cl.FC(F)(F)Oc1ccccc1OCCBr. The van der Waals surface area contributed by atoms with E-state index in [0.717, 1.165) is 68.4 Å². The van der Waals surface area contributed by atoms with Crippen molar-refractivity contribution in [2.24, 2.45) is 0 Å². The van der Waals surface area contributed by atoms with E-state index in [1.807, 2.05) is 36.4 Å². The molecule has 0 unspecified atom stereocenters. The first-order valence-electron chi connectivity index (χ1n) is 18.8. The van der Waals surface area contributed by atoms with E-state index in [9.17, 15) is 26.3 Å². The molecule has 0 radical (unpaired) electrons. The van der Waals surface area contributed by atoms with Crippen LogP contribution >= 0.6 is 51.5 Å². The second kappa shape index (κ2) is 24.2. The molecule has 2 aliphatic rings. The largest absolute Gasteiger partial charge is 0.573 e. The van der Waals surface area contributed by atoms with Gasteiger partial charge in [0.1, 0.15) is 29.3 Å². The van der Waals surface area contributed by atoms with Crippen molar-refractivity contribution >= 4 is 51.5 Å². The molecule has 4 aromatic rings. The zero-order valence-electron chi connectivity index (χ0n) is 32.9. The highest BCUT2D eigenvalue weighted by Gasteiger charge is 2.34. The van der Waals surface area contributed by atoms with Crippen molar-refractivity contribution in [3.05, 3.63) is 107 Å². The third-order valence-corrected chi connectivity index (χ3v) is 9.91. The van der Waals surface area contributed by atoms with Crippen molar-refractivity contribution in [1.29, 1.82) is 0 Å². The van der Waals surface area contributed by atoms with E-state index in [2.05, 4.69) is 49.5 Å². The summed E-state index contributed by atoms with van der Waals surface area (Å²) < 4.78 is 104. The lowest BCUT2D eigenvalue weighted by Crippen LogP contribution is -2.47. The summed E-state index contributed by atoms with van der Waals surface area (Å²) in [6.45, 7) is 9.10. The van der Waals surface area contributed by atoms with Gasteiger partial charge in [-0.25, -0.2) is 0 Å². The smallest absolute Gasteiger partial charge is 0.489 e. The molecule has 8 nitrogen and oxygen atoms in total. The van der Waals surface area contributed by atoms with Crippen LogP contribution in [0.15, 0.2) is 97.1 Å². The number of nitrogens with one attached hydrogen (secondary N) is 1. The van der Waals surface area contributed by atoms with Crippen molar-refractivity contribution in [2.75, 3.05) is 51.3 Å². The number of alkyl halides is 7. The van der Waals surface area contributed by atoms with Gasteiger partial charge in [0.15, 0.2) is 23.0 Å². The number of rotatable bonds is 13. The highest BCUT2D eigenvalue weighted by molar-refractivity contribution is 9.09. The Morgan fingerprint density at radius 3 is 1.38 bits per heavy atom. The van der Waals surface area contributed by atoms with Gasteiger partial charge in [0.05, 0.1) is 6.61 Å². The lowest BCUT2D eigenvalue weighted by atomic mass is 9.93. The number of ether oxygens (including phenoxy) is 6. The molecule has 2 aliphatic heterocycles. The van der Waals surface area contributed by atoms with Crippen LogP contribution in [0.5, 0.6) is 34.5 Å². The molecule has 2 saturated heterocycles. The first-order chi connectivity index (χ1) is 27.9. The summed E-state index contributed by atoms with van der Waals surface area (Å²) in [5, 5.41) is 5.28. The molecule has 1 N–H and O–H groups in total. The average Bonchev–Trinajstić information content (AvgIpc) is 3.17. The third-order valence-electron chi connectivity index (χ3n) is 9.08. The molecule has 4 aromatic carbocycles. The van der Waals surface area contributed by atoms with E-state index >= 15 is 0 Å². The molecule has 0 atom stereocenters. The van der Waals surface area contributed by atoms with Crippen LogP contribution in [0.4, 0.5) is 26.3 Å². The molecular formula is C42H48BrCl3F6N2O6. The minimum atomic E-state index is -4.75. The highest BCUT2D eigenvalue weighted by Crippen LogP contribution is 2.34. The molecule has 18 heteroatoms. The molecule has 0 spiro atoms. The van der Waals surface area contributed by atoms with Gasteiger partial charge in [-0.15, -0.1) is 38.7 Å². The van der Waals surface area contributed by atoms with Crippen LogP contribution in [-0.2, 0) is 0 Å². The van der Waals surface area contributed by atoms with Crippen LogP contribution in [-0.4, -0.2) is 80.1 Å². The molecule has 2 fully saturated rings. The predicted molar refractivity (Wildman–Crippen MR) is 227 cm³/mol. The fourth-order valence-electron chi connectivity index (χ4n) is 5.97. The fourth-order valence-corrected chi connectivity index (χ4v) is 6.39. The minimum Gasteiger partial charge on any atom is -0.489 e. The zero-order valence-corrected chi connectivity index (χ0v) is 36.8. The highest BCUT2D eigenvalue weighted by atomic mass is 79.9. The van der Waals surface area contributed by atoms with Gasteiger partial charge in [-0.2, -0.15) is 0 Å². The van der Waals surface area contributed by atoms with Crippen molar-refractivity contribution in [3.8, 4) is 34.5 Å². The molecule has 0 saturated carbocycles. The Kier molecular flexibility index (Phi) is 20.6. The Morgan fingerprint density at radius 2 is 0.983 bits per heavy atom. The molecule has 60 heavy (non-hydrogen) atoms. The van der Waals surface area contributed by atoms with Gasteiger partial charge in [-0.05, 0) is 125 Å². The van der Waals surface area contributed by atoms with E-state index in [1.165, 1.54) is 36.4 Å². The van der Waals surface area contributed by atoms with Crippen molar-refractivity contribution < 1.29 is 54.8 Å². The maximum absolute atomic E-state index is 12.5. The quantitative estimate of drug-likeness (QED) is 0.105. The minimum absolute atomic E-state index is 0. The fraction of sp³-hybridized carbons (Fsp3) is 0.429. The Balaban J connectivity index is 0.000000262. The van der Waals surface area contributed by atoms with Gasteiger partial charge < -0.3 is 33.7 Å². The predicted octanol–water partition coefficient (Wildman–Crippen LogP) is 12.2. The lowest BCUT2D eigenvalue weighted by molar-refractivity contribution is -0.276. The second-order valence-corrected chi connectivity index (χ2v) is 15.6. The number of piperidine rings is 2. The van der Waals surface area contributed by atoms with Crippen LogP contribution in [0, 0.1) is 0 Å². The Bertz CT molecular complexity index is 1830. The Hall–Kier alpha value is -3.47. The summed E-state index contributed by atoms with van der Waals surface area (Å²) in [6, 6.07) is 26.3. The molecule has 6 rings (SSSR count). The summed E-state index contributed by atoms with van der Waals surface area (Å²) in [4.78, 5) is 2.21. The first-order valence-corrected chi connectivity index (χ1v) is 20.6. The van der Waals surface area contributed by atoms with Gasteiger partial charge in [-0.3, -0.25) is 4.90 Å². The zero-order chi connectivity index (χ0) is 42.9. The maximum atomic E-state index is 12.5. The molecular weight excluding hydrogens is 929 g/mol. The van der Waals surface area contributed by atoms with Crippen molar-refractivity contribution in [2.45, 2.75) is 63.5 Å². The number of benzene rings is 4. The van der Waals surface area contributed by atoms with Gasteiger partial charge >= 0.3 is 12.7 Å². The topological polar surface area (TPSA) is 70.7 Å². The molecule has 0 bridgehead atoms. The summed E-state index contributed by atoms with van der Waals surface area (Å²) in [5.74, 6) is 1.19. The number of halogens is 10. The van der Waals surface area contributed by atoms with Crippen LogP contribution < -0.4 is 33.7 Å². The maximum Gasteiger partial charge on any atom is 0.573 e. The van der Waals surface area contributed by atoms with Crippen LogP contribution in [0.3, 0.4) is 0 Å². The monoisotopic (exact) mass is 974 g/mol. The normalized spacial score (nSPS) is 16.0. The standard InChI is InChI=1S/C21H23ClF3NO3.C12H16ClNO.C9H8BrF3O2.ClH/c1-20(28-17-8-6-16(22)7-9-17)10-12-26(13-11-20)14-15-27-18-4-2-3-5-19(18)29-21(23,24)25;1-12(6-8-14-9-7-12)15-11-4-2-10(13)3-5-11;10-5-6-14-7-3-1-2-4-8(7)15-9(11,12)13;/h2-9H,10-15H2,1H3;2-5,14H,6-9H2,1H3;1-4H,5-6H2;1H. The van der Waals surface area contributed by atoms with Gasteiger partial charge in [0, 0.05) is 35.0 Å². The number of hydrogen-bond acceptors (Lipinski definition) is 8. The van der Waals surface area contributed by atoms with Crippen LogP contribution in [0.1, 0.15) is 39.5 Å².